The Balaban J connectivity index is 1.63. The predicted molar refractivity (Wildman–Crippen MR) is 103 cm³/mol. The summed E-state index contributed by atoms with van der Waals surface area (Å²) in [6.45, 7) is 0.591. The van der Waals surface area contributed by atoms with E-state index >= 15 is 0 Å². The summed E-state index contributed by atoms with van der Waals surface area (Å²) in [4.78, 5) is 26.8. The third kappa shape index (κ3) is 5.01. The van der Waals surface area contributed by atoms with Crippen LogP contribution in [0, 0.1) is 0 Å². The van der Waals surface area contributed by atoms with E-state index in [1.54, 1.807) is 43.7 Å². The van der Waals surface area contributed by atoms with Crippen molar-refractivity contribution in [3.8, 4) is 5.75 Å². The Labute approximate surface area is 158 Å². The topological polar surface area (TPSA) is 80.2 Å². The molecule has 0 aliphatic heterocycles. The molecule has 0 unspecified atom stereocenters. The van der Waals surface area contributed by atoms with E-state index in [1.165, 1.54) is 0 Å². The van der Waals surface area contributed by atoms with E-state index in [2.05, 4.69) is 20.3 Å². The number of aromatic nitrogens is 3. The van der Waals surface area contributed by atoms with Gasteiger partial charge in [-0.3, -0.25) is 9.78 Å². The zero-order chi connectivity index (χ0) is 19.1. The highest BCUT2D eigenvalue weighted by Gasteiger charge is 2.14. The molecule has 27 heavy (non-hydrogen) atoms. The minimum atomic E-state index is -0.149. The molecule has 0 saturated carbocycles. The van der Waals surface area contributed by atoms with Crippen molar-refractivity contribution >= 4 is 17.5 Å². The Kier molecular flexibility index (Phi) is 5.94. The fraction of sp³-hybridized carbons (Fsp3) is 0.200. The SMILES string of the molecule is COc1ccc(Nc2nccc(C(=O)N(C)CCc3ccncc3)n2)cc1. The summed E-state index contributed by atoms with van der Waals surface area (Å²) < 4.78 is 5.14. The molecule has 1 amide bonds. The number of nitrogens with one attached hydrogen (secondary N) is 1. The number of rotatable bonds is 7. The van der Waals surface area contributed by atoms with Crippen molar-refractivity contribution < 1.29 is 9.53 Å². The summed E-state index contributed by atoms with van der Waals surface area (Å²) in [7, 11) is 3.38. The average molecular weight is 363 g/mol. The summed E-state index contributed by atoms with van der Waals surface area (Å²) in [6, 6.07) is 12.9. The van der Waals surface area contributed by atoms with Crippen LogP contribution in [0.4, 0.5) is 11.6 Å². The first-order valence-electron chi connectivity index (χ1n) is 8.54. The lowest BCUT2D eigenvalue weighted by Crippen LogP contribution is -2.29. The van der Waals surface area contributed by atoms with Crippen LogP contribution in [-0.4, -0.2) is 46.5 Å². The second-order valence-corrected chi connectivity index (χ2v) is 5.95. The van der Waals surface area contributed by atoms with Gasteiger partial charge in [0.1, 0.15) is 11.4 Å². The van der Waals surface area contributed by atoms with Gasteiger partial charge >= 0.3 is 0 Å². The maximum absolute atomic E-state index is 12.6. The third-order valence-corrected chi connectivity index (χ3v) is 4.05. The molecule has 0 atom stereocenters. The van der Waals surface area contributed by atoms with Crippen molar-refractivity contribution in [2.45, 2.75) is 6.42 Å². The van der Waals surface area contributed by atoms with Gasteiger partial charge in [0.25, 0.3) is 5.91 Å². The van der Waals surface area contributed by atoms with Crippen LogP contribution in [-0.2, 0) is 6.42 Å². The molecule has 0 radical (unpaired) electrons. The zero-order valence-corrected chi connectivity index (χ0v) is 15.3. The van der Waals surface area contributed by atoms with Crippen molar-refractivity contribution in [1.82, 2.24) is 19.9 Å². The molecule has 138 valence electrons. The maximum atomic E-state index is 12.6. The molecular formula is C20H21N5O2. The van der Waals surface area contributed by atoms with Gasteiger partial charge in [-0.15, -0.1) is 0 Å². The van der Waals surface area contributed by atoms with Crippen LogP contribution in [0.25, 0.3) is 0 Å². The van der Waals surface area contributed by atoms with E-state index in [1.807, 2.05) is 36.4 Å². The van der Waals surface area contributed by atoms with Crippen molar-refractivity contribution in [3.05, 3.63) is 72.3 Å². The molecule has 0 bridgehead atoms. The molecule has 7 heteroatoms. The number of ether oxygens (including phenoxy) is 1. The number of pyridine rings is 1. The van der Waals surface area contributed by atoms with E-state index in [9.17, 15) is 4.79 Å². The number of carbonyl (C=O) groups excluding carboxylic acids is 1. The summed E-state index contributed by atoms with van der Waals surface area (Å²) in [5.74, 6) is 0.985. The molecule has 3 rings (SSSR count). The lowest BCUT2D eigenvalue weighted by Gasteiger charge is -2.17. The third-order valence-electron chi connectivity index (χ3n) is 4.05. The average Bonchev–Trinajstić information content (AvgIpc) is 2.73. The van der Waals surface area contributed by atoms with Gasteiger partial charge in [0.05, 0.1) is 7.11 Å². The van der Waals surface area contributed by atoms with Crippen molar-refractivity contribution in [1.29, 1.82) is 0 Å². The van der Waals surface area contributed by atoms with Crippen LogP contribution < -0.4 is 10.1 Å². The molecular weight excluding hydrogens is 342 g/mol. The first kappa shape index (κ1) is 18.3. The Morgan fingerprint density at radius 3 is 2.52 bits per heavy atom. The number of hydrogen-bond acceptors (Lipinski definition) is 6. The number of nitrogens with zero attached hydrogens (tertiary/aromatic N) is 4. The number of carbonyl (C=O) groups is 1. The lowest BCUT2D eigenvalue weighted by atomic mass is 10.2. The van der Waals surface area contributed by atoms with Crippen molar-refractivity contribution in [2.24, 2.45) is 0 Å². The Morgan fingerprint density at radius 2 is 1.81 bits per heavy atom. The van der Waals surface area contributed by atoms with E-state index in [0.29, 0.717) is 18.2 Å². The Morgan fingerprint density at radius 1 is 1.07 bits per heavy atom. The van der Waals surface area contributed by atoms with Crippen LogP contribution in [0.15, 0.2) is 61.1 Å². The molecule has 3 aromatic rings. The molecule has 2 heterocycles. The highest BCUT2D eigenvalue weighted by atomic mass is 16.5. The number of likely N-dealkylation sites (N-methyl/N-ethyl adjacent to an activating group) is 1. The molecule has 2 aromatic heterocycles. The molecule has 7 nitrogen and oxygen atoms in total. The minimum absolute atomic E-state index is 0.149. The maximum Gasteiger partial charge on any atom is 0.272 e. The van der Waals surface area contributed by atoms with Crippen LogP contribution >= 0.6 is 0 Å². The highest BCUT2D eigenvalue weighted by molar-refractivity contribution is 5.92. The number of methoxy groups -OCH3 is 1. The van der Waals surface area contributed by atoms with E-state index in [0.717, 1.165) is 23.4 Å². The van der Waals surface area contributed by atoms with Gasteiger partial charge in [0, 0.05) is 37.9 Å². The molecule has 0 spiro atoms. The molecule has 0 aliphatic rings. The second kappa shape index (κ2) is 8.75. The Hall–Kier alpha value is -3.48. The predicted octanol–water partition coefficient (Wildman–Crippen LogP) is 2.94. The second-order valence-electron chi connectivity index (χ2n) is 5.95. The molecule has 0 saturated heterocycles. The van der Waals surface area contributed by atoms with Gasteiger partial charge in [0.15, 0.2) is 0 Å². The fourth-order valence-electron chi connectivity index (χ4n) is 2.48. The largest absolute Gasteiger partial charge is 0.497 e. The first-order valence-corrected chi connectivity index (χ1v) is 8.54. The number of hydrogen-bond donors (Lipinski definition) is 1. The minimum Gasteiger partial charge on any atom is -0.497 e. The highest BCUT2D eigenvalue weighted by Crippen LogP contribution is 2.18. The fourth-order valence-corrected chi connectivity index (χ4v) is 2.48. The smallest absolute Gasteiger partial charge is 0.272 e. The van der Waals surface area contributed by atoms with Crippen LogP contribution in [0.1, 0.15) is 16.1 Å². The van der Waals surface area contributed by atoms with E-state index in [4.69, 9.17) is 4.74 Å². The number of amides is 1. The van der Waals surface area contributed by atoms with E-state index in [-0.39, 0.29) is 5.91 Å². The molecule has 1 N–H and O–H groups in total. The van der Waals surface area contributed by atoms with Gasteiger partial charge in [-0.25, -0.2) is 9.97 Å². The molecule has 0 aliphatic carbocycles. The van der Waals surface area contributed by atoms with Gasteiger partial charge in [0.2, 0.25) is 5.95 Å². The van der Waals surface area contributed by atoms with Crippen molar-refractivity contribution in [3.63, 3.8) is 0 Å². The van der Waals surface area contributed by atoms with Crippen molar-refractivity contribution in [2.75, 3.05) is 26.0 Å². The summed E-state index contributed by atoms with van der Waals surface area (Å²) in [5, 5.41) is 3.09. The van der Waals surface area contributed by atoms with Crippen LogP contribution in [0.5, 0.6) is 5.75 Å². The number of benzene rings is 1. The van der Waals surface area contributed by atoms with Gasteiger partial charge in [-0.1, -0.05) is 0 Å². The lowest BCUT2D eigenvalue weighted by molar-refractivity contribution is 0.0791. The van der Waals surface area contributed by atoms with Crippen LogP contribution in [0.3, 0.4) is 0 Å². The normalized spacial score (nSPS) is 10.3. The van der Waals surface area contributed by atoms with Gasteiger partial charge in [-0.2, -0.15) is 0 Å². The first-order chi connectivity index (χ1) is 13.2. The monoisotopic (exact) mass is 363 g/mol. The van der Waals surface area contributed by atoms with Crippen LogP contribution in [0.2, 0.25) is 0 Å². The summed E-state index contributed by atoms with van der Waals surface area (Å²) in [6.07, 6.45) is 5.83. The van der Waals surface area contributed by atoms with E-state index < -0.39 is 0 Å². The Bertz CT molecular complexity index is 884. The van der Waals surface area contributed by atoms with Gasteiger partial charge in [-0.05, 0) is 54.4 Å². The zero-order valence-electron chi connectivity index (χ0n) is 15.3. The standard InChI is InChI=1S/C20H21N5O2/c1-25(14-10-15-7-11-21-12-8-15)19(26)18-9-13-22-20(24-18)23-16-3-5-17(27-2)6-4-16/h3-9,11-13H,10,14H2,1-2H3,(H,22,23,24). The quantitative estimate of drug-likeness (QED) is 0.695. The molecule has 0 fully saturated rings. The van der Waals surface area contributed by atoms with Gasteiger partial charge < -0.3 is 15.0 Å². The summed E-state index contributed by atoms with van der Waals surface area (Å²) in [5.41, 5.74) is 2.29. The molecule has 1 aromatic carbocycles. The number of anilines is 2. The summed E-state index contributed by atoms with van der Waals surface area (Å²) >= 11 is 0.